The lowest BCUT2D eigenvalue weighted by molar-refractivity contribution is 0.0664. The highest BCUT2D eigenvalue weighted by Gasteiger charge is 2.11. The Morgan fingerprint density at radius 3 is 2.58 bits per heavy atom. The van der Waals surface area contributed by atoms with E-state index in [0.717, 1.165) is 0 Å². The number of carbonyl (C=O) groups excluding carboxylic acids is 1. The fourth-order valence-electron chi connectivity index (χ4n) is 0.351. The quantitative estimate of drug-likeness (QED) is 0.231. The Labute approximate surface area is 67.4 Å². The van der Waals surface area contributed by atoms with E-state index in [9.17, 15) is 9.59 Å². The van der Waals surface area contributed by atoms with E-state index in [4.69, 9.17) is 16.1 Å². The molecule has 5 N–H and O–H groups in total. The van der Waals surface area contributed by atoms with Crippen molar-refractivity contribution in [2.45, 2.75) is 0 Å². The summed E-state index contributed by atoms with van der Waals surface area (Å²) >= 11 is 0. The third kappa shape index (κ3) is 4.30. The van der Waals surface area contributed by atoms with Gasteiger partial charge in [0.2, 0.25) is 0 Å². The van der Waals surface area contributed by atoms with Gasteiger partial charge in [0.1, 0.15) is 6.61 Å². The first-order chi connectivity index (χ1) is 5.57. The number of hydrogen-bond donors (Lipinski definition) is 4. The summed E-state index contributed by atoms with van der Waals surface area (Å²) in [6, 6.07) is 0. The van der Waals surface area contributed by atoms with Crippen LogP contribution in [0.2, 0.25) is 0 Å². The van der Waals surface area contributed by atoms with Crippen molar-refractivity contribution in [1.82, 2.24) is 10.5 Å². The average molecular weight is 179 g/mol. The topological polar surface area (TPSA) is 125 Å². The van der Waals surface area contributed by atoms with Crippen LogP contribution in [-0.4, -0.2) is 40.7 Å². The monoisotopic (exact) mass is 179 g/mol. The number of aliphatic hydroxyl groups excluding tert-OH is 1. The summed E-state index contributed by atoms with van der Waals surface area (Å²) in [5.41, 5.74) is 1.52. The van der Waals surface area contributed by atoms with Gasteiger partial charge in [-0.1, -0.05) is 0 Å². The molecule has 0 rings (SSSR count). The minimum Gasteiger partial charge on any atom is -0.464 e. The lowest BCUT2D eigenvalue weighted by Gasteiger charge is -2.13. The zero-order valence-electron chi connectivity index (χ0n) is 6.06. The molecule has 2 amide bonds. The molecule has 0 spiro atoms. The molecule has 0 aliphatic carbocycles. The number of nitrogens with one attached hydrogen (secondary N) is 1. The van der Waals surface area contributed by atoms with Gasteiger partial charge in [0.15, 0.2) is 0 Å². The first-order valence-corrected chi connectivity index (χ1v) is 2.90. The summed E-state index contributed by atoms with van der Waals surface area (Å²) in [6.45, 7) is -0.597. The van der Waals surface area contributed by atoms with Crippen molar-refractivity contribution in [2.75, 3.05) is 13.2 Å². The van der Waals surface area contributed by atoms with E-state index < -0.39 is 12.2 Å². The summed E-state index contributed by atoms with van der Waals surface area (Å²) in [5.74, 6) is 4.84. The molecule has 0 heterocycles. The number of hydrazine groups is 2. The Kier molecular flexibility index (Phi) is 4.49. The molecule has 0 radical (unpaired) electrons. The molecule has 0 unspecified atom stereocenters. The standard InChI is InChI=1S/C4H9N3O5/c5-7(6-3(9)10)4(11)12-2-1-8/h6,8H,1-2,5H2,(H,9,10). The second-order valence-corrected chi connectivity index (χ2v) is 1.62. The van der Waals surface area contributed by atoms with Gasteiger partial charge in [-0.2, -0.15) is 0 Å². The number of carbonyl (C=O) groups is 2. The maximum atomic E-state index is 10.6. The van der Waals surface area contributed by atoms with Crippen LogP contribution in [-0.2, 0) is 4.74 Å². The molecule has 70 valence electrons. The largest absolute Gasteiger partial charge is 0.464 e. The lowest BCUT2D eigenvalue weighted by Crippen LogP contribution is -2.50. The van der Waals surface area contributed by atoms with E-state index in [1.165, 1.54) is 5.43 Å². The third-order valence-electron chi connectivity index (χ3n) is 0.730. The van der Waals surface area contributed by atoms with Gasteiger partial charge in [-0.3, -0.25) is 0 Å². The highest BCUT2D eigenvalue weighted by molar-refractivity contribution is 5.72. The van der Waals surface area contributed by atoms with Crippen molar-refractivity contribution in [2.24, 2.45) is 5.84 Å². The molecular weight excluding hydrogens is 170 g/mol. The highest BCUT2D eigenvalue weighted by Crippen LogP contribution is 1.82. The summed E-state index contributed by atoms with van der Waals surface area (Å²) < 4.78 is 4.24. The van der Waals surface area contributed by atoms with Crippen LogP contribution >= 0.6 is 0 Å². The van der Waals surface area contributed by atoms with Gasteiger partial charge < -0.3 is 14.9 Å². The van der Waals surface area contributed by atoms with Crippen LogP contribution in [0.15, 0.2) is 0 Å². The Morgan fingerprint density at radius 2 is 2.17 bits per heavy atom. The van der Waals surface area contributed by atoms with Crippen LogP contribution in [0.1, 0.15) is 0 Å². The van der Waals surface area contributed by atoms with Crippen LogP contribution in [0.3, 0.4) is 0 Å². The molecule has 0 saturated carbocycles. The minimum absolute atomic E-state index is 0.151. The van der Waals surface area contributed by atoms with Crippen molar-refractivity contribution < 1.29 is 24.5 Å². The molecule has 8 heteroatoms. The van der Waals surface area contributed by atoms with Crippen molar-refractivity contribution in [1.29, 1.82) is 0 Å². The second kappa shape index (κ2) is 5.16. The second-order valence-electron chi connectivity index (χ2n) is 1.62. The highest BCUT2D eigenvalue weighted by atomic mass is 16.6. The molecule has 8 nitrogen and oxygen atoms in total. The summed E-state index contributed by atoms with van der Waals surface area (Å²) in [5, 5.41) is 16.4. The maximum Gasteiger partial charge on any atom is 0.444 e. The van der Waals surface area contributed by atoms with Gasteiger partial charge in [0.05, 0.1) is 6.61 Å². The molecule has 0 atom stereocenters. The van der Waals surface area contributed by atoms with Gasteiger partial charge in [0.25, 0.3) is 0 Å². The fraction of sp³-hybridized carbons (Fsp3) is 0.500. The summed E-state index contributed by atoms with van der Waals surface area (Å²) in [6.07, 6.45) is -2.58. The van der Waals surface area contributed by atoms with Crippen molar-refractivity contribution in [3.8, 4) is 0 Å². The molecule has 0 aromatic rings. The molecule has 0 aromatic carbocycles. The van der Waals surface area contributed by atoms with Crippen LogP contribution < -0.4 is 11.3 Å². The predicted octanol–water partition coefficient (Wildman–Crippen LogP) is -1.53. The zero-order valence-corrected chi connectivity index (χ0v) is 6.06. The van der Waals surface area contributed by atoms with Crippen LogP contribution in [0.5, 0.6) is 0 Å². The van der Waals surface area contributed by atoms with E-state index in [2.05, 4.69) is 4.74 Å². The lowest BCUT2D eigenvalue weighted by atomic mass is 10.8. The number of nitrogens with zero attached hydrogens (tertiary/aromatic N) is 1. The Hall–Kier alpha value is -1.54. The third-order valence-corrected chi connectivity index (χ3v) is 0.730. The minimum atomic E-state index is -1.49. The summed E-state index contributed by atoms with van der Waals surface area (Å²) in [7, 11) is 0. The normalized spacial score (nSPS) is 8.83. The van der Waals surface area contributed by atoms with E-state index in [-0.39, 0.29) is 18.3 Å². The van der Waals surface area contributed by atoms with Crippen molar-refractivity contribution in [3.63, 3.8) is 0 Å². The number of carboxylic acid groups (broad SMARTS) is 1. The zero-order chi connectivity index (χ0) is 9.56. The SMILES string of the molecule is NN(NC(=O)O)C(=O)OCCO. The van der Waals surface area contributed by atoms with Gasteiger partial charge in [-0.15, -0.1) is 5.12 Å². The maximum absolute atomic E-state index is 10.6. The number of hydrogen-bond acceptors (Lipinski definition) is 5. The average Bonchev–Trinajstić information content (AvgIpc) is 1.98. The first kappa shape index (κ1) is 10.5. The number of nitrogens with two attached hydrogens (primary N) is 1. The van der Waals surface area contributed by atoms with Crippen LogP contribution in [0, 0.1) is 0 Å². The predicted molar refractivity (Wildman–Crippen MR) is 35.6 cm³/mol. The molecule has 0 bridgehead atoms. The molecule has 12 heavy (non-hydrogen) atoms. The van der Waals surface area contributed by atoms with E-state index in [0.29, 0.717) is 0 Å². The van der Waals surface area contributed by atoms with E-state index >= 15 is 0 Å². The number of rotatable bonds is 2. The van der Waals surface area contributed by atoms with Gasteiger partial charge in [-0.25, -0.2) is 20.9 Å². The molecular formula is C4H9N3O5. The van der Waals surface area contributed by atoms with E-state index in [1.54, 1.807) is 0 Å². The van der Waals surface area contributed by atoms with Gasteiger partial charge in [0, 0.05) is 0 Å². The fourth-order valence-corrected chi connectivity index (χ4v) is 0.351. The van der Waals surface area contributed by atoms with E-state index in [1.807, 2.05) is 0 Å². The van der Waals surface area contributed by atoms with Crippen molar-refractivity contribution >= 4 is 12.2 Å². The molecule has 0 saturated heterocycles. The molecule has 0 aliphatic rings. The molecule has 0 fully saturated rings. The Morgan fingerprint density at radius 1 is 1.58 bits per heavy atom. The molecule has 0 aromatic heterocycles. The number of amides is 2. The van der Waals surface area contributed by atoms with Crippen LogP contribution in [0.4, 0.5) is 9.59 Å². The van der Waals surface area contributed by atoms with Gasteiger partial charge in [-0.05, 0) is 0 Å². The Bertz CT molecular complexity index is 172. The first-order valence-electron chi connectivity index (χ1n) is 2.90. The number of aliphatic hydroxyl groups is 1. The summed E-state index contributed by atoms with van der Waals surface area (Å²) in [4.78, 5) is 20.5. The van der Waals surface area contributed by atoms with Crippen molar-refractivity contribution in [3.05, 3.63) is 0 Å². The number of ether oxygens (including phenoxy) is 1. The van der Waals surface area contributed by atoms with Gasteiger partial charge >= 0.3 is 12.2 Å². The smallest absolute Gasteiger partial charge is 0.444 e. The Balaban J connectivity index is 3.69. The molecule has 0 aliphatic heterocycles. The van der Waals surface area contributed by atoms with Crippen LogP contribution in [0.25, 0.3) is 0 Å².